The third-order valence-electron chi connectivity index (χ3n) is 5.24. The predicted octanol–water partition coefficient (Wildman–Crippen LogP) is 3.17. The van der Waals surface area contributed by atoms with Crippen molar-refractivity contribution in [3.8, 4) is 23.0 Å². The van der Waals surface area contributed by atoms with E-state index < -0.39 is 17.9 Å². The second-order valence-electron chi connectivity index (χ2n) is 7.14. The number of nitrogens with zero attached hydrogens (tertiary/aromatic N) is 1. The van der Waals surface area contributed by atoms with Crippen LogP contribution in [0.5, 0.6) is 23.0 Å². The summed E-state index contributed by atoms with van der Waals surface area (Å²) in [5.41, 5.74) is 1.35. The molecular weight excluding hydrogens is 418 g/mol. The molecule has 2 aromatic carbocycles. The highest BCUT2D eigenvalue weighted by Gasteiger charge is 2.30. The van der Waals surface area contributed by atoms with Gasteiger partial charge in [0.1, 0.15) is 5.75 Å². The number of anilines is 1. The standard InChI is InChI=1S/C23H25NO8/c1-29-16-6-8-17(9-7-16)32-24-13-15(18(23(27)28)11-22(25)26)5-4-14-10-20(30-2)21(31-3)12-19(14)24/h6-12,15H,4-5,13H2,1-3H3,(H,25,26)(H,27,28). The minimum Gasteiger partial charge on any atom is -0.497 e. The Morgan fingerprint density at radius 1 is 0.969 bits per heavy atom. The average Bonchev–Trinajstić information content (AvgIpc) is 2.95. The number of carbonyl (C=O) groups is 2. The molecule has 0 spiro atoms. The maximum Gasteiger partial charge on any atom is 0.332 e. The van der Waals surface area contributed by atoms with E-state index in [1.54, 1.807) is 42.5 Å². The number of aryl methyl sites for hydroxylation is 1. The third kappa shape index (κ3) is 5.05. The van der Waals surface area contributed by atoms with Gasteiger partial charge in [0.05, 0.1) is 33.6 Å². The van der Waals surface area contributed by atoms with Crippen molar-refractivity contribution in [1.82, 2.24) is 0 Å². The number of carboxylic acids is 2. The lowest BCUT2D eigenvalue weighted by Crippen LogP contribution is -2.34. The van der Waals surface area contributed by atoms with Gasteiger partial charge in [-0.05, 0) is 48.7 Å². The number of methoxy groups -OCH3 is 3. The molecule has 9 heteroatoms. The summed E-state index contributed by atoms with van der Waals surface area (Å²) in [7, 11) is 4.62. The molecule has 0 bridgehead atoms. The number of fused-ring (bicyclic) bond motifs is 1. The molecule has 0 fully saturated rings. The predicted molar refractivity (Wildman–Crippen MR) is 116 cm³/mol. The Kier molecular flexibility index (Phi) is 7.09. The summed E-state index contributed by atoms with van der Waals surface area (Å²) in [6.45, 7) is 0.125. The molecule has 0 aliphatic carbocycles. The van der Waals surface area contributed by atoms with E-state index in [9.17, 15) is 14.7 Å². The van der Waals surface area contributed by atoms with Gasteiger partial charge in [-0.2, -0.15) is 0 Å². The van der Waals surface area contributed by atoms with E-state index in [-0.39, 0.29) is 12.1 Å². The Hall–Kier alpha value is -3.88. The molecule has 0 aromatic heterocycles. The Balaban J connectivity index is 2.05. The van der Waals surface area contributed by atoms with Crippen molar-refractivity contribution >= 4 is 17.6 Å². The summed E-state index contributed by atoms with van der Waals surface area (Å²) in [6, 6.07) is 10.5. The van der Waals surface area contributed by atoms with Crippen molar-refractivity contribution in [3.05, 3.63) is 53.6 Å². The maximum absolute atomic E-state index is 11.8. The van der Waals surface area contributed by atoms with Crippen LogP contribution < -0.4 is 24.1 Å². The number of aliphatic carboxylic acids is 2. The van der Waals surface area contributed by atoms with Crippen molar-refractivity contribution in [3.63, 3.8) is 0 Å². The van der Waals surface area contributed by atoms with Crippen LogP contribution in [0.4, 0.5) is 5.69 Å². The van der Waals surface area contributed by atoms with Gasteiger partial charge in [-0.3, -0.25) is 0 Å². The smallest absolute Gasteiger partial charge is 0.332 e. The molecule has 0 saturated carbocycles. The molecule has 9 nitrogen and oxygen atoms in total. The summed E-state index contributed by atoms with van der Waals surface area (Å²) < 4.78 is 16.0. The van der Waals surface area contributed by atoms with Gasteiger partial charge < -0.3 is 29.3 Å². The van der Waals surface area contributed by atoms with Gasteiger partial charge in [0.25, 0.3) is 0 Å². The van der Waals surface area contributed by atoms with E-state index in [4.69, 9.17) is 24.2 Å². The Morgan fingerprint density at radius 2 is 1.59 bits per heavy atom. The Bertz CT molecular complexity index is 1020. The third-order valence-corrected chi connectivity index (χ3v) is 5.24. The summed E-state index contributed by atoms with van der Waals surface area (Å²) in [4.78, 5) is 29.2. The topological polar surface area (TPSA) is 115 Å². The van der Waals surface area contributed by atoms with Crippen LogP contribution in [-0.2, 0) is 16.0 Å². The summed E-state index contributed by atoms with van der Waals surface area (Å²) in [5.74, 6) is -0.979. The summed E-state index contributed by atoms with van der Waals surface area (Å²) in [6.07, 6.45) is 1.65. The Morgan fingerprint density at radius 3 is 2.16 bits per heavy atom. The Labute approximate surface area is 185 Å². The van der Waals surface area contributed by atoms with Crippen LogP contribution in [0.3, 0.4) is 0 Å². The number of hydrogen-bond acceptors (Lipinski definition) is 7. The van der Waals surface area contributed by atoms with Gasteiger partial charge in [-0.15, -0.1) is 0 Å². The fraction of sp³-hybridized carbons (Fsp3) is 0.304. The first-order chi connectivity index (χ1) is 15.4. The quantitative estimate of drug-likeness (QED) is 0.594. The van der Waals surface area contributed by atoms with E-state index in [1.165, 1.54) is 14.2 Å². The van der Waals surface area contributed by atoms with Crippen molar-refractivity contribution < 1.29 is 38.9 Å². The average molecular weight is 443 g/mol. The first kappa shape index (κ1) is 22.8. The SMILES string of the molecule is COc1ccc(ON2CC(C(=CC(=O)O)C(=O)O)CCc3cc(OC)c(OC)cc32)cc1. The molecule has 1 aliphatic heterocycles. The van der Waals surface area contributed by atoms with Crippen molar-refractivity contribution in [2.75, 3.05) is 32.9 Å². The van der Waals surface area contributed by atoms with E-state index in [1.807, 2.05) is 6.07 Å². The van der Waals surface area contributed by atoms with Crippen molar-refractivity contribution in [2.45, 2.75) is 12.8 Å². The molecule has 1 atom stereocenters. The molecule has 0 saturated heterocycles. The lowest BCUT2D eigenvalue weighted by atomic mass is 9.93. The molecule has 32 heavy (non-hydrogen) atoms. The number of ether oxygens (including phenoxy) is 3. The lowest BCUT2D eigenvalue weighted by molar-refractivity contribution is -0.135. The highest BCUT2D eigenvalue weighted by molar-refractivity contribution is 5.95. The van der Waals surface area contributed by atoms with Crippen LogP contribution in [-0.4, -0.2) is 50.0 Å². The molecule has 2 aromatic rings. The number of hydroxylamine groups is 1. The van der Waals surface area contributed by atoms with Crippen LogP contribution in [0.15, 0.2) is 48.0 Å². The van der Waals surface area contributed by atoms with Gasteiger partial charge in [-0.1, -0.05) is 0 Å². The molecule has 1 heterocycles. The number of rotatable bonds is 8. The minimum absolute atomic E-state index is 0.125. The molecule has 1 aliphatic rings. The van der Waals surface area contributed by atoms with Gasteiger partial charge in [-0.25, -0.2) is 14.7 Å². The first-order valence-corrected chi connectivity index (χ1v) is 9.88. The number of hydrogen-bond donors (Lipinski definition) is 2. The first-order valence-electron chi connectivity index (χ1n) is 9.88. The van der Waals surface area contributed by atoms with Crippen LogP contribution in [0, 0.1) is 5.92 Å². The number of benzene rings is 2. The van der Waals surface area contributed by atoms with Gasteiger partial charge in [0.2, 0.25) is 0 Å². The van der Waals surface area contributed by atoms with Crippen LogP contribution in [0.1, 0.15) is 12.0 Å². The normalized spacial score (nSPS) is 15.9. The van der Waals surface area contributed by atoms with Gasteiger partial charge in [0, 0.05) is 23.6 Å². The fourth-order valence-corrected chi connectivity index (χ4v) is 3.65. The summed E-state index contributed by atoms with van der Waals surface area (Å²) >= 11 is 0. The molecule has 0 amide bonds. The van der Waals surface area contributed by atoms with Crippen molar-refractivity contribution in [1.29, 1.82) is 0 Å². The van der Waals surface area contributed by atoms with Crippen LogP contribution >= 0.6 is 0 Å². The summed E-state index contributed by atoms with van der Waals surface area (Å²) in [5, 5.41) is 20.4. The molecule has 1 unspecified atom stereocenters. The molecule has 3 rings (SSSR count). The fourth-order valence-electron chi connectivity index (χ4n) is 3.65. The molecule has 0 radical (unpaired) electrons. The highest BCUT2D eigenvalue weighted by Crippen LogP contribution is 2.39. The zero-order valence-corrected chi connectivity index (χ0v) is 18.0. The van der Waals surface area contributed by atoms with Crippen LogP contribution in [0.2, 0.25) is 0 Å². The zero-order chi connectivity index (χ0) is 23.3. The van der Waals surface area contributed by atoms with Crippen molar-refractivity contribution in [2.24, 2.45) is 5.92 Å². The van der Waals surface area contributed by atoms with E-state index in [0.29, 0.717) is 41.5 Å². The minimum atomic E-state index is -1.31. The monoisotopic (exact) mass is 443 g/mol. The molecule has 2 N–H and O–H groups in total. The van der Waals surface area contributed by atoms with E-state index >= 15 is 0 Å². The highest BCUT2D eigenvalue weighted by atomic mass is 16.7. The maximum atomic E-state index is 11.8. The second kappa shape index (κ2) is 9.95. The molecule has 170 valence electrons. The van der Waals surface area contributed by atoms with Gasteiger partial charge >= 0.3 is 11.9 Å². The van der Waals surface area contributed by atoms with E-state index in [0.717, 1.165) is 11.6 Å². The molecular formula is C23H25NO8. The number of carboxylic acid groups (broad SMARTS) is 2. The van der Waals surface area contributed by atoms with Gasteiger partial charge in [0.15, 0.2) is 17.2 Å². The van der Waals surface area contributed by atoms with Crippen LogP contribution in [0.25, 0.3) is 0 Å². The zero-order valence-electron chi connectivity index (χ0n) is 18.0. The lowest BCUT2D eigenvalue weighted by Gasteiger charge is -2.28. The largest absolute Gasteiger partial charge is 0.497 e. The second-order valence-corrected chi connectivity index (χ2v) is 7.14. The van der Waals surface area contributed by atoms with E-state index in [2.05, 4.69) is 0 Å².